The third kappa shape index (κ3) is 5.30. The summed E-state index contributed by atoms with van der Waals surface area (Å²) in [4.78, 5) is 8.16. The van der Waals surface area contributed by atoms with Crippen LogP contribution in [0.3, 0.4) is 0 Å². The lowest BCUT2D eigenvalue weighted by Crippen LogP contribution is -2.14. The number of methoxy groups -OCH3 is 1. The zero-order valence-corrected chi connectivity index (χ0v) is 10.8. The number of anilines is 1. The van der Waals surface area contributed by atoms with E-state index in [9.17, 15) is 0 Å². The van der Waals surface area contributed by atoms with Gasteiger partial charge < -0.3 is 10.1 Å². The van der Waals surface area contributed by atoms with Gasteiger partial charge >= 0.3 is 0 Å². The van der Waals surface area contributed by atoms with E-state index in [0.717, 1.165) is 17.4 Å². The topological polar surface area (TPSA) is 47.0 Å². The molecule has 1 atom stereocenters. The molecule has 0 aromatic carbocycles. The summed E-state index contributed by atoms with van der Waals surface area (Å²) in [6, 6.07) is 0. The Morgan fingerprint density at radius 1 is 1.53 bits per heavy atom. The molecule has 84 valence electrons. The Hall–Kier alpha value is -0.390. The van der Waals surface area contributed by atoms with Gasteiger partial charge in [-0.1, -0.05) is 0 Å². The average molecular weight is 295 g/mol. The molecule has 0 fully saturated rings. The molecule has 4 nitrogen and oxygen atoms in total. The summed E-state index contributed by atoms with van der Waals surface area (Å²) in [6.07, 6.45) is 4.21. The SMILES string of the molecule is COCC(Cl)CCNc1ncc(Br)cn1. The molecule has 0 aliphatic heterocycles. The molecule has 0 aliphatic rings. The van der Waals surface area contributed by atoms with Gasteiger partial charge in [-0.3, -0.25) is 0 Å². The molecule has 0 saturated heterocycles. The van der Waals surface area contributed by atoms with Gasteiger partial charge in [-0.25, -0.2) is 9.97 Å². The first kappa shape index (κ1) is 12.7. The highest BCUT2D eigenvalue weighted by molar-refractivity contribution is 9.10. The van der Waals surface area contributed by atoms with E-state index in [-0.39, 0.29) is 5.38 Å². The standard InChI is InChI=1S/C9H13BrClN3O/c1-15-6-8(11)2-3-12-9-13-4-7(10)5-14-9/h4-5,8H,2-3,6H2,1H3,(H,12,13,14). The van der Waals surface area contributed by atoms with Crippen LogP contribution in [0.25, 0.3) is 0 Å². The summed E-state index contributed by atoms with van der Waals surface area (Å²) in [7, 11) is 1.64. The van der Waals surface area contributed by atoms with Crippen LogP contribution in [-0.2, 0) is 4.74 Å². The second-order valence-electron chi connectivity index (χ2n) is 2.99. The zero-order valence-electron chi connectivity index (χ0n) is 8.41. The van der Waals surface area contributed by atoms with Crippen molar-refractivity contribution in [3.05, 3.63) is 16.9 Å². The molecule has 0 spiro atoms. The molecule has 0 radical (unpaired) electrons. The normalized spacial score (nSPS) is 12.5. The summed E-state index contributed by atoms with van der Waals surface area (Å²) in [5.74, 6) is 0.611. The van der Waals surface area contributed by atoms with Crippen LogP contribution in [0.15, 0.2) is 16.9 Å². The molecule has 6 heteroatoms. The highest BCUT2D eigenvalue weighted by atomic mass is 79.9. The number of nitrogens with zero attached hydrogens (tertiary/aromatic N) is 2. The fourth-order valence-corrected chi connectivity index (χ4v) is 1.45. The molecule has 1 heterocycles. The Morgan fingerprint density at radius 3 is 2.80 bits per heavy atom. The lowest BCUT2D eigenvalue weighted by Gasteiger charge is -2.08. The molecule has 1 aromatic heterocycles. The van der Waals surface area contributed by atoms with Crippen LogP contribution in [0, 0.1) is 0 Å². The summed E-state index contributed by atoms with van der Waals surface area (Å²) < 4.78 is 5.79. The Kier molecular flexibility index (Phi) is 5.90. The van der Waals surface area contributed by atoms with Crippen molar-refractivity contribution < 1.29 is 4.74 Å². The average Bonchev–Trinajstić information content (AvgIpc) is 2.21. The van der Waals surface area contributed by atoms with Gasteiger partial charge in [0.15, 0.2) is 0 Å². The van der Waals surface area contributed by atoms with Gasteiger partial charge in [0.05, 0.1) is 16.5 Å². The van der Waals surface area contributed by atoms with Gasteiger partial charge in [0.2, 0.25) is 5.95 Å². The summed E-state index contributed by atoms with van der Waals surface area (Å²) >= 11 is 9.23. The van der Waals surface area contributed by atoms with Crippen LogP contribution < -0.4 is 5.32 Å². The maximum absolute atomic E-state index is 5.96. The van der Waals surface area contributed by atoms with Crippen LogP contribution in [0.2, 0.25) is 0 Å². The molecule has 1 aromatic rings. The molecule has 0 saturated carbocycles. The van der Waals surface area contributed by atoms with E-state index in [2.05, 4.69) is 31.2 Å². The minimum absolute atomic E-state index is 0.0259. The van der Waals surface area contributed by atoms with Crippen molar-refractivity contribution in [1.29, 1.82) is 0 Å². The lowest BCUT2D eigenvalue weighted by atomic mass is 10.3. The molecule has 15 heavy (non-hydrogen) atoms. The smallest absolute Gasteiger partial charge is 0.222 e. The Balaban J connectivity index is 2.22. The van der Waals surface area contributed by atoms with Crippen LogP contribution in [0.5, 0.6) is 0 Å². The Labute approximate surface area is 103 Å². The van der Waals surface area contributed by atoms with Crippen molar-refractivity contribution in [3.63, 3.8) is 0 Å². The maximum Gasteiger partial charge on any atom is 0.222 e. The quantitative estimate of drug-likeness (QED) is 0.818. The predicted octanol–water partition coefficient (Wildman–Crippen LogP) is 2.29. The molecular weight excluding hydrogens is 281 g/mol. The van der Waals surface area contributed by atoms with Gasteiger partial charge in [-0.2, -0.15) is 0 Å². The number of ether oxygens (including phenoxy) is 1. The summed E-state index contributed by atoms with van der Waals surface area (Å²) in [6.45, 7) is 1.30. The predicted molar refractivity (Wildman–Crippen MR) is 64.4 cm³/mol. The van der Waals surface area contributed by atoms with E-state index in [1.165, 1.54) is 0 Å². The Morgan fingerprint density at radius 2 is 2.20 bits per heavy atom. The Bertz CT molecular complexity index is 283. The highest BCUT2D eigenvalue weighted by Gasteiger charge is 2.03. The van der Waals surface area contributed by atoms with Crippen molar-refractivity contribution in [2.45, 2.75) is 11.8 Å². The molecule has 1 unspecified atom stereocenters. The molecule has 0 amide bonds. The van der Waals surface area contributed by atoms with Crippen molar-refractivity contribution >= 4 is 33.5 Å². The number of nitrogens with one attached hydrogen (secondary N) is 1. The van der Waals surface area contributed by atoms with Crippen LogP contribution >= 0.6 is 27.5 Å². The van der Waals surface area contributed by atoms with E-state index in [0.29, 0.717) is 12.6 Å². The van der Waals surface area contributed by atoms with Gasteiger partial charge in [-0.15, -0.1) is 11.6 Å². The third-order valence-corrected chi connectivity index (χ3v) is 2.46. The van der Waals surface area contributed by atoms with Gasteiger partial charge in [0, 0.05) is 26.0 Å². The van der Waals surface area contributed by atoms with E-state index in [4.69, 9.17) is 16.3 Å². The van der Waals surface area contributed by atoms with Gasteiger partial charge in [0.25, 0.3) is 0 Å². The van der Waals surface area contributed by atoms with Crippen molar-refractivity contribution in [2.24, 2.45) is 0 Å². The molecule has 0 aliphatic carbocycles. The lowest BCUT2D eigenvalue weighted by molar-refractivity contribution is 0.196. The fourth-order valence-electron chi connectivity index (χ4n) is 1.01. The van der Waals surface area contributed by atoms with E-state index >= 15 is 0 Å². The number of aromatic nitrogens is 2. The minimum Gasteiger partial charge on any atom is -0.383 e. The number of halogens is 2. The fraction of sp³-hybridized carbons (Fsp3) is 0.556. The maximum atomic E-state index is 5.96. The second-order valence-corrected chi connectivity index (χ2v) is 4.53. The van der Waals surface area contributed by atoms with E-state index in [1.807, 2.05) is 0 Å². The first-order valence-corrected chi connectivity index (χ1v) is 5.79. The van der Waals surface area contributed by atoms with E-state index in [1.54, 1.807) is 19.5 Å². The largest absolute Gasteiger partial charge is 0.383 e. The van der Waals surface area contributed by atoms with Crippen LogP contribution in [-0.4, -0.2) is 35.6 Å². The number of hydrogen-bond donors (Lipinski definition) is 1. The number of rotatable bonds is 6. The molecule has 0 bridgehead atoms. The first-order valence-electron chi connectivity index (χ1n) is 4.57. The summed E-state index contributed by atoms with van der Waals surface area (Å²) in [5, 5.41) is 3.10. The minimum atomic E-state index is 0.0259. The highest BCUT2D eigenvalue weighted by Crippen LogP contribution is 2.07. The van der Waals surface area contributed by atoms with Crippen LogP contribution in [0.1, 0.15) is 6.42 Å². The van der Waals surface area contributed by atoms with Gasteiger partial charge in [0.1, 0.15) is 0 Å². The van der Waals surface area contributed by atoms with Gasteiger partial charge in [-0.05, 0) is 22.4 Å². The zero-order chi connectivity index (χ0) is 11.1. The molecule has 1 rings (SSSR count). The van der Waals surface area contributed by atoms with Crippen molar-refractivity contribution in [1.82, 2.24) is 9.97 Å². The summed E-state index contributed by atoms with van der Waals surface area (Å²) in [5.41, 5.74) is 0. The second kappa shape index (κ2) is 6.98. The molecule has 1 N–H and O–H groups in total. The monoisotopic (exact) mass is 293 g/mol. The number of hydrogen-bond acceptors (Lipinski definition) is 4. The number of alkyl halides is 1. The third-order valence-electron chi connectivity index (χ3n) is 1.71. The van der Waals surface area contributed by atoms with E-state index < -0.39 is 0 Å². The van der Waals surface area contributed by atoms with Crippen molar-refractivity contribution in [3.8, 4) is 0 Å². The van der Waals surface area contributed by atoms with Crippen LogP contribution in [0.4, 0.5) is 5.95 Å². The van der Waals surface area contributed by atoms with Crippen molar-refractivity contribution in [2.75, 3.05) is 25.6 Å². The first-order chi connectivity index (χ1) is 7.22. The molecular formula is C9H13BrClN3O.